The first kappa shape index (κ1) is 16.0. The largest absolute Gasteiger partial charge is 0.496 e. The molecule has 2 rings (SSSR count). The summed E-state index contributed by atoms with van der Waals surface area (Å²) >= 11 is 0. The zero-order chi connectivity index (χ0) is 16.3. The number of amides is 1. The van der Waals surface area contributed by atoms with Crippen molar-refractivity contribution in [1.29, 1.82) is 0 Å². The van der Waals surface area contributed by atoms with Crippen LogP contribution in [0.4, 0.5) is 10.1 Å². The van der Waals surface area contributed by atoms with E-state index < -0.39 is 21.6 Å². The molecule has 0 aliphatic rings. The summed E-state index contributed by atoms with van der Waals surface area (Å²) in [6.45, 7) is 0. The van der Waals surface area contributed by atoms with E-state index in [4.69, 9.17) is 4.74 Å². The Labute approximate surface area is 127 Å². The highest BCUT2D eigenvalue weighted by Gasteiger charge is 2.14. The molecule has 0 atom stereocenters. The zero-order valence-corrected chi connectivity index (χ0v) is 12.8. The van der Waals surface area contributed by atoms with Gasteiger partial charge in [0.25, 0.3) is 5.91 Å². The van der Waals surface area contributed by atoms with E-state index in [1.165, 1.54) is 43.5 Å². The van der Waals surface area contributed by atoms with Gasteiger partial charge < -0.3 is 10.1 Å². The lowest BCUT2D eigenvalue weighted by atomic mass is 10.1. The number of halogens is 1. The quantitative estimate of drug-likeness (QED) is 0.938. The summed E-state index contributed by atoms with van der Waals surface area (Å²) < 4.78 is 41.0. The molecule has 0 saturated heterocycles. The summed E-state index contributed by atoms with van der Waals surface area (Å²) in [5, 5.41) is 2.56. The number of ether oxygens (including phenoxy) is 1. The number of nitrogens with one attached hydrogen (secondary N) is 1. The molecule has 2 aromatic rings. The van der Waals surface area contributed by atoms with E-state index in [9.17, 15) is 17.6 Å². The van der Waals surface area contributed by atoms with Gasteiger partial charge in [-0.3, -0.25) is 4.79 Å². The molecule has 0 spiro atoms. The molecule has 0 saturated carbocycles. The molecule has 22 heavy (non-hydrogen) atoms. The Hall–Kier alpha value is -2.41. The Balaban J connectivity index is 2.24. The van der Waals surface area contributed by atoms with Gasteiger partial charge in [0.1, 0.15) is 11.6 Å². The molecule has 0 unspecified atom stereocenters. The molecule has 0 aromatic heterocycles. The van der Waals surface area contributed by atoms with Gasteiger partial charge in [0.15, 0.2) is 9.84 Å². The number of carbonyl (C=O) groups excluding carboxylic acids is 1. The molecule has 0 fully saturated rings. The second-order valence-electron chi connectivity index (χ2n) is 4.60. The molecule has 5 nitrogen and oxygen atoms in total. The summed E-state index contributed by atoms with van der Waals surface area (Å²) in [6, 6.07) is 9.30. The molecule has 0 aliphatic heterocycles. The number of benzene rings is 2. The first-order chi connectivity index (χ1) is 10.3. The molecule has 7 heteroatoms. The number of methoxy groups -OCH3 is 1. The maximum atomic E-state index is 13.3. The minimum atomic E-state index is -3.30. The Morgan fingerprint density at radius 1 is 1.14 bits per heavy atom. The van der Waals surface area contributed by atoms with Crippen molar-refractivity contribution >= 4 is 21.4 Å². The van der Waals surface area contributed by atoms with Crippen LogP contribution in [0.1, 0.15) is 10.4 Å². The average Bonchev–Trinajstić information content (AvgIpc) is 2.46. The molecular formula is C15H14FNO4S. The van der Waals surface area contributed by atoms with Gasteiger partial charge in [-0.25, -0.2) is 12.8 Å². The number of hydrogen-bond acceptors (Lipinski definition) is 4. The van der Waals surface area contributed by atoms with Crippen LogP contribution in [0.5, 0.6) is 5.75 Å². The van der Waals surface area contributed by atoms with E-state index in [1.54, 1.807) is 0 Å². The van der Waals surface area contributed by atoms with Crippen LogP contribution in [0.2, 0.25) is 0 Å². The minimum absolute atomic E-state index is 0.0506. The van der Waals surface area contributed by atoms with Crippen LogP contribution in [0.15, 0.2) is 47.4 Å². The van der Waals surface area contributed by atoms with Crippen LogP contribution in [0.3, 0.4) is 0 Å². The van der Waals surface area contributed by atoms with Crippen molar-refractivity contribution in [1.82, 2.24) is 0 Å². The molecule has 116 valence electrons. The second-order valence-corrected chi connectivity index (χ2v) is 6.61. The Bertz CT molecular complexity index is 801. The third-order valence-corrected chi connectivity index (χ3v) is 4.07. The van der Waals surface area contributed by atoms with Crippen molar-refractivity contribution < 1.29 is 22.3 Å². The maximum absolute atomic E-state index is 13.3. The summed E-state index contributed by atoms with van der Waals surface area (Å²) in [7, 11) is -1.92. The lowest BCUT2D eigenvalue weighted by molar-refractivity contribution is 0.102. The van der Waals surface area contributed by atoms with Gasteiger partial charge in [-0.2, -0.15) is 0 Å². The molecule has 0 heterocycles. The van der Waals surface area contributed by atoms with Crippen LogP contribution < -0.4 is 10.1 Å². The van der Waals surface area contributed by atoms with Gasteiger partial charge in [0, 0.05) is 11.9 Å². The van der Waals surface area contributed by atoms with Crippen molar-refractivity contribution in [2.24, 2.45) is 0 Å². The average molecular weight is 323 g/mol. The van der Waals surface area contributed by atoms with E-state index in [2.05, 4.69) is 5.32 Å². The third-order valence-electron chi connectivity index (χ3n) is 2.95. The maximum Gasteiger partial charge on any atom is 0.259 e. The topological polar surface area (TPSA) is 72.5 Å². The molecule has 0 bridgehead atoms. The molecular weight excluding hydrogens is 309 g/mol. The van der Waals surface area contributed by atoms with Crippen LogP contribution in [0.25, 0.3) is 0 Å². The summed E-state index contributed by atoms with van der Waals surface area (Å²) in [5.74, 6) is -0.867. The first-order valence-electron chi connectivity index (χ1n) is 6.26. The van der Waals surface area contributed by atoms with Crippen molar-refractivity contribution in [2.45, 2.75) is 4.90 Å². The van der Waals surface area contributed by atoms with Crippen molar-refractivity contribution in [2.75, 3.05) is 18.7 Å². The van der Waals surface area contributed by atoms with Gasteiger partial charge in [0.05, 0.1) is 17.6 Å². The lowest BCUT2D eigenvalue weighted by Gasteiger charge is -2.09. The van der Waals surface area contributed by atoms with Crippen LogP contribution in [-0.4, -0.2) is 27.7 Å². The van der Waals surface area contributed by atoms with Gasteiger partial charge in [-0.05, 0) is 42.5 Å². The SMILES string of the molecule is COc1ccc(F)cc1C(=O)Nc1ccc(S(C)(=O)=O)cc1. The van der Waals surface area contributed by atoms with Crippen LogP contribution in [-0.2, 0) is 9.84 Å². The highest BCUT2D eigenvalue weighted by Crippen LogP contribution is 2.21. The summed E-state index contributed by atoms with van der Waals surface area (Å²) in [4.78, 5) is 12.3. The van der Waals surface area contributed by atoms with Crippen molar-refractivity contribution in [3.8, 4) is 5.75 Å². The fourth-order valence-corrected chi connectivity index (χ4v) is 2.47. The van der Waals surface area contributed by atoms with Crippen molar-refractivity contribution in [3.63, 3.8) is 0 Å². The second kappa shape index (κ2) is 6.15. The van der Waals surface area contributed by atoms with E-state index in [0.29, 0.717) is 5.69 Å². The van der Waals surface area contributed by atoms with E-state index in [0.717, 1.165) is 12.3 Å². The van der Waals surface area contributed by atoms with Gasteiger partial charge in [0.2, 0.25) is 0 Å². The van der Waals surface area contributed by atoms with Crippen LogP contribution in [0, 0.1) is 5.82 Å². The lowest BCUT2D eigenvalue weighted by Crippen LogP contribution is -2.13. The number of anilines is 1. The Morgan fingerprint density at radius 3 is 2.32 bits per heavy atom. The predicted octanol–water partition coefficient (Wildman–Crippen LogP) is 2.49. The highest BCUT2D eigenvalue weighted by atomic mass is 32.2. The Kier molecular flexibility index (Phi) is 4.46. The first-order valence-corrected chi connectivity index (χ1v) is 8.15. The molecule has 1 N–H and O–H groups in total. The number of sulfone groups is 1. The van der Waals surface area contributed by atoms with Crippen molar-refractivity contribution in [3.05, 3.63) is 53.8 Å². The monoisotopic (exact) mass is 323 g/mol. The van der Waals surface area contributed by atoms with Gasteiger partial charge in [-0.1, -0.05) is 0 Å². The van der Waals surface area contributed by atoms with E-state index >= 15 is 0 Å². The fourth-order valence-electron chi connectivity index (χ4n) is 1.84. The fraction of sp³-hybridized carbons (Fsp3) is 0.133. The van der Waals surface area contributed by atoms with Gasteiger partial charge in [-0.15, -0.1) is 0 Å². The number of carbonyl (C=O) groups is 1. The Morgan fingerprint density at radius 2 is 1.77 bits per heavy atom. The minimum Gasteiger partial charge on any atom is -0.496 e. The third kappa shape index (κ3) is 3.62. The standard InChI is InChI=1S/C15H14FNO4S/c1-21-14-8-3-10(16)9-13(14)15(18)17-11-4-6-12(7-5-11)22(2,19)20/h3-9H,1-2H3,(H,17,18). The smallest absolute Gasteiger partial charge is 0.259 e. The van der Waals surface area contributed by atoms with Gasteiger partial charge >= 0.3 is 0 Å². The van der Waals surface area contributed by atoms with Crippen LogP contribution >= 0.6 is 0 Å². The van der Waals surface area contributed by atoms with E-state index in [-0.39, 0.29) is 16.2 Å². The summed E-state index contributed by atoms with van der Waals surface area (Å²) in [5.41, 5.74) is 0.443. The molecule has 1 amide bonds. The van der Waals surface area contributed by atoms with E-state index in [1.807, 2.05) is 0 Å². The molecule has 0 aliphatic carbocycles. The number of hydrogen-bond donors (Lipinski definition) is 1. The zero-order valence-electron chi connectivity index (χ0n) is 12.0. The summed E-state index contributed by atoms with van der Waals surface area (Å²) in [6.07, 6.45) is 1.10. The normalized spacial score (nSPS) is 11.0. The molecule has 2 aromatic carbocycles. The highest BCUT2D eigenvalue weighted by molar-refractivity contribution is 7.90. The predicted molar refractivity (Wildman–Crippen MR) is 80.5 cm³/mol. The molecule has 0 radical (unpaired) electrons. The number of rotatable bonds is 4.